The van der Waals surface area contributed by atoms with Gasteiger partial charge in [0.1, 0.15) is 9.88 Å². The molecule has 1 aliphatic rings. The molecule has 20 heavy (non-hydrogen) atoms. The van der Waals surface area contributed by atoms with Gasteiger partial charge in [-0.1, -0.05) is 30.3 Å². The highest BCUT2D eigenvalue weighted by Crippen LogP contribution is 2.25. The van der Waals surface area contributed by atoms with Crippen LogP contribution in [0, 0.1) is 0 Å². The van der Waals surface area contributed by atoms with Gasteiger partial charge in [-0.05, 0) is 7.05 Å². The molecular weight excluding hydrogens is 270 g/mol. The Balaban J connectivity index is 1.75. The summed E-state index contributed by atoms with van der Waals surface area (Å²) in [5, 5.41) is 0.906. The topological polar surface area (TPSA) is 36.4 Å². The van der Waals surface area contributed by atoms with Crippen molar-refractivity contribution in [1.29, 1.82) is 0 Å². The van der Waals surface area contributed by atoms with Gasteiger partial charge in [0.25, 0.3) is 5.91 Å². The van der Waals surface area contributed by atoms with E-state index >= 15 is 0 Å². The van der Waals surface area contributed by atoms with Crippen molar-refractivity contribution in [3.8, 4) is 10.6 Å². The fraction of sp³-hybridized carbons (Fsp3) is 0.333. The first kappa shape index (κ1) is 13.3. The molecule has 1 saturated heterocycles. The molecule has 1 amide bonds. The number of hydrogen-bond donors (Lipinski definition) is 0. The number of likely N-dealkylation sites (N-methyl/N-ethyl adjacent to an activating group) is 1. The van der Waals surface area contributed by atoms with E-state index in [9.17, 15) is 4.79 Å². The molecule has 104 valence electrons. The van der Waals surface area contributed by atoms with Crippen LogP contribution in [0.25, 0.3) is 10.6 Å². The number of aromatic nitrogens is 1. The Morgan fingerprint density at radius 3 is 2.55 bits per heavy atom. The number of benzene rings is 1. The number of carbonyl (C=O) groups excluding carboxylic acids is 1. The third-order valence-corrected chi connectivity index (χ3v) is 4.56. The summed E-state index contributed by atoms with van der Waals surface area (Å²) < 4.78 is 0. The van der Waals surface area contributed by atoms with E-state index in [1.165, 1.54) is 11.3 Å². The van der Waals surface area contributed by atoms with E-state index in [1.807, 2.05) is 35.2 Å². The molecule has 1 fully saturated rings. The van der Waals surface area contributed by atoms with E-state index in [2.05, 4.69) is 16.9 Å². The standard InChI is InChI=1S/C15H17N3OS/c1-17-7-9-18(10-8-17)15(19)13-11-16-14(20-13)12-5-3-2-4-6-12/h2-6,11H,7-10H2,1H3. The van der Waals surface area contributed by atoms with Crippen LogP contribution in [0.3, 0.4) is 0 Å². The zero-order valence-corrected chi connectivity index (χ0v) is 12.3. The van der Waals surface area contributed by atoms with Gasteiger partial charge in [0.2, 0.25) is 0 Å². The van der Waals surface area contributed by atoms with Gasteiger partial charge >= 0.3 is 0 Å². The monoisotopic (exact) mass is 287 g/mol. The van der Waals surface area contributed by atoms with E-state index in [4.69, 9.17) is 0 Å². The van der Waals surface area contributed by atoms with Crippen molar-refractivity contribution in [3.05, 3.63) is 41.4 Å². The summed E-state index contributed by atoms with van der Waals surface area (Å²) in [7, 11) is 2.09. The SMILES string of the molecule is CN1CCN(C(=O)c2cnc(-c3ccccc3)s2)CC1. The number of nitrogens with zero attached hydrogens (tertiary/aromatic N) is 3. The zero-order valence-electron chi connectivity index (χ0n) is 11.5. The molecule has 0 saturated carbocycles. The van der Waals surface area contributed by atoms with Crippen molar-refractivity contribution >= 4 is 17.2 Å². The molecule has 0 radical (unpaired) electrons. The van der Waals surface area contributed by atoms with Gasteiger partial charge < -0.3 is 9.80 Å². The van der Waals surface area contributed by atoms with Gasteiger partial charge in [-0.25, -0.2) is 4.98 Å². The molecule has 4 nitrogen and oxygen atoms in total. The minimum Gasteiger partial charge on any atom is -0.335 e. The summed E-state index contributed by atoms with van der Waals surface area (Å²) in [6.07, 6.45) is 1.70. The molecule has 3 rings (SSSR count). The first-order valence-electron chi connectivity index (χ1n) is 6.73. The largest absolute Gasteiger partial charge is 0.335 e. The maximum absolute atomic E-state index is 12.4. The first-order valence-corrected chi connectivity index (χ1v) is 7.55. The average molecular weight is 287 g/mol. The molecule has 5 heteroatoms. The van der Waals surface area contributed by atoms with Crippen LogP contribution in [0.1, 0.15) is 9.67 Å². The summed E-state index contributed by atoms with van der Waals surface area (Å²) in [5.41, 5.74) is 1.06. The second kappa shape index (κ2) is 5.73. The molecule has 0 bridgehead atoms. The molecule has 0 unspecified atom stereocenters. The smallest absolute Gasteiger partial charge is 0.265 e. The molecule has 0 aliphatic carbocycles. The minimum absolute atomic E-state index is 0.109. The van der Waals surface area contributed by atoms with Crippen molar-refractivity contribution in [2.75, 3.05) is 33.2 Å². The van der Waals surface area contributed by atoms with E-state index in [1.54, 1.807) is 6.20 Å². The molecule has 1 aliphatic heterocycles. The van der Waals surface area contributed by atoms with Gasteiger partial charge in [0.05, 0.1) is 6.20 Å². The Kier molecular flexibility index (Phi) is 3.80. The van der Waals surface area contributed by atoms with Crippen molar-refractivity contribution in [2.45, 2.75) is 0 Å². The van der Waals surface area contributed by atoms with Crippen LogP contribution in [0.4, 0.5) is 0 Å². The van der Waals surface area contributed by atoms with Gasteiger partial charge in [-0.2, -0.15) is 0 Å². The van der Waals surface area contributed by atoms with Crippen molar-refractivity contribution < 1.29 is 4.79 Å². The minimum atomic E-state index is 0.109. The van der Waals surface area contributed by atoms with Gasteiger partial charge in [0.15, 0.2) is 0 Å². The number of piperazine rings is 1. The van der Waals surface area contributed by atoms with Crippen LogP contribution in [-0.2, 0) is 0 Å². The van der Waals surface area contributed by atoms with E-state index in [0.29, 0.717) is 0 Å². The number of thiazole rings is 1. The molecular formula is C15H17N3OS. The summed E-state index contributed by atoms with van der Waals surface area (Å²) in [6.45, 7) is 3.48. The lowest BCUT2D eigenvalue weighted by Gasteiger charge is -2.31. The van der Waals surface area contributed by atoms with Crippen LogP contribution < -0.4 is 0 Å². The Morgan fingerprint density at radius 1 is 1.15 bits per heavy atom. The van der Waals surface area contributed by atoms with Crippen LogP contribution in [-0.4, -0.2) is 53.9 Å². The fourth-order valence-electron chi connectivity index (χ4n) is 2.25. The second-order valence-electron chi connectivity index (χ2n) is 4.99. The van der Waals surface area contributed by atoms with Crippen LogP contribution >= 0.6 is 11.3 Å². The van der Waals surface area contributed by atoms with Crippen molar-refractivity contribution in [3.63, 3.8) is 0 Å². The summed E-state index contributed by atoms with van der Waals surface area (Å²) in [5.74, 6) is 0.109. The van der Waals surface area contributed by atoms with Crippen molar-refractivity contribution in [2.24, 2.45) is 0 Å². The van der Waals surface area contributed by atoms with Gasteiger partial charge in [-0.15, -0.1) is 11.3 Å². The molecule has 2 heterocycles. The maximum atomic E-state index is 12.4. The highest BCUT2D eigenvalue weighted by molar-refractivity contribution is 7.16. The lowest BCUT2D eigenvalue weighted by molar-refractivity contribution is 0.0668. The third-order valence-electron chi connectivity index (χ3n) is 3.53. The predicted octanol–water partition coefficient (Wildman–Crippen LogP) is 2.20. The van der Waals surface area contributed by atoms with E-state index in [-0.39, 0.29) is 5.91 Å². The normalized spacial score (nSPS) is 16.4. The Morgan fingerprint density at radius 2 is 1.85 bits per heavy atom. The molecule has 1 aromatic carbocycles. The van der Waals surface area contributed by atoms with E-state index in [0.717, 1.165) is 41.6 Å². The number of carbonyl (C=O) groups is 1. The van der Waals surface area contributed by atoms with Crippen LogP contribution in [0.2, 0.25) is 0 Å². The van der Waals surface area contributed by atoms with Gasteiger partial charge in [-0.3, -0.25) is 4.79 Å². The lowest BCUT2D eigenvalue weighted by atomic mass is 10.2. The predicted molar refractivity (Wildman–Crippen MR) is 81.0 cm³/mol. The fourth-order valence-corrected chi connectivity index (χ4v) is 3.14. The Labute approximate surface area is 122 Å². The highest BCUT2D eigenvalue weighted by atomic mass is 32.1. The lowest BCUT2D eigenvalue weighted by Crippen LogP contribution is -2.46. The summed E-state index contributed by atoms with van der Waals surface area (Å²) >= 11 is 1.47. The number of hydrogen-bond acceptors (Lipinski definition) is 4. The second-order valence-corrected chi connectivity index (χ2v) is 6.02. The zero-order chi connectivity index (χ0) is 13.9. The van der Waals surface area contributed by atoms with Crippen molar-refractivity contribution in [1.82, 2.24) is 14.8 Å². The van der Waals surface area contributed by atoms with Crippen LogP contribution in [0.15, 0.2) is 36.5 Å². The molecule has 1 aromatic heterocycles. The highest BCUT2D eigenvalue weighted by Gasteiger charge is 2.22. The molecule has 0 atom stereocenters. The molecule has 2 aromatic rings. The summed E-state index contributed by atoms with van der Waals surface area (Å²) in [4.78, 5) is 21.7. The summed E-state index contributed by atoms with van der Waals surface area (Å²) in [6, 6.07) is 9.98. The first-order chi connectivity index (χ1) is 9.74. The number of amides is 1. The third kappa shape index (κ3) is 2.73. The average Bonchev–Trinajstić information content (AvgIpc) is 2.98. The van der Waals surface area contributed by atoms with E-state index < -0.39 is 0 Å². The molecule has 0 spiro atoms. The van der Waals surface area contributed by atoms with Crippen LogP contribution in [0.5, 0.6) is 0 Å². The number of rotatable bonds is 2. The Bertz CT molecular complexity index is 588. The maximum Gasteiger partial charge on any atom is 0.265 e. The Hall–Kier alpha value is -1.72. The van der Waals surface area contributed by atoms with Gasteiger partial charge in [0, 0.05) is 31.7 Å². The molecule has 0 N–H and O–H groups in total. The quantitative estimate of drug-likeness (QED) is 0.849.